The first-order chi connectivity index (χ1) is 17.6. The number of aliphatic hydroxyl groups is 1. The molecule has 0 saturated carbocycles. The second kappa shape index (κ2) is 10.5. The first kappa shape index (κ1) is 26.6. The zero-order chi connectivity index (χ0) is 26.8. The summed E-state index contributed by atoms with van der Waals surface area (Å²) in [5.41, 5.74) is 2.77. The lowest BCUT2D eigenvalue weighted by molar-refractivity contribution is -0.148. The molecule has 6 nitrogen and oxygen atoms in total. The van der Waals surface area contributed by atoms with E-state index >= 15 is 0 Å². The molecule has 1 heterocycles. The Morgan fingerprint density at radius 3 is 2.49 bits per heavy atom. The van der Waals surface area contributed by atoms with Crippen LogP contribution >= 0.6 is 8.03 Å². The van der Waals surface area contributed by atoms with Crippen molar-refractivity contribution < 1.29 is 28.5 Å². The molecular formula is C29H28FNO5P+. The van der Waals surface area contributed by atoms with Crippen LogP contribution in [0.4, 0.5) is 4.39 Å². The van der Waals surface area contributed by atoms with Gasteiger partial charge in [0.15, 0.2) is 5.60 Å². The van der Waals surface area contributed by atoms with E-state index in [1.807, 2.05) is 24.3 Å². The van der Waals surface area contributed by atoms with Gasteiger partial charge in [-0.15, -0.1) is 4.52 Å². The highest BCUT2D eigenvalue weighted by Gasteiger charge is 2.73. The lowest BCUT2D eigenvalue weighted by Crippen LogP contribution is -2.60. The molecule has 0 radical (unpaired) electrons. The highest BCUT2D eigenvalue weighted by Crippen LogP contribution is 2.53. The van der Waals surface area contributed by atoms with Crippen LogP contribution in [-0.2, 0) is 33.1 Å². The molecule has 0 spiro atoms. The molecule has 0 saturated heterocycles. The van der Waals surface area contributed by atoms with Crippen LogP contribution in [0.2, 0.25) is 0 Å². The van der Waals surface area contributed by atoms with Gasteiger partial charge in [-0.2, -0.15) is 0 Å². The summed E-state index contributed by atoms with van der Waals surface area (Å²) in [5, 5.41) is 20.1. The number of pyridine rings is 1. The number of nitrogens with zero attached hydrogens (tertiary/aromatic N) is 1. The number of carbonyl (C=O) groups is 1. The predicted octanol–water partition coefficient (Wildman–Crippen LogP) is 5.18. The standard InChI is InChI=1S/C29H27FNO5P/c1-19(2)29(27(32)33,37(35)36-3)28(34,17-20-8-12-24(30)13-9-20)15-14-21-16-23-11-10-22-6-4-5-7-25(22)26(23)31-18-21/h4-9,12-13,16,18-19,34H,10-11,17H2,1-3H3/p+1. The number of hydrogen-bond acceptors (Lipinski definition) is 5. The number of rotatable bonds is 7. The third kappa shape index (κ3) is 4.81. The fraction of sp³-hybridized carbons (Fsp3) is 0.310. The van der Waals surface area contributed by atoms with Gasteiger partial charge in [-0.1, -0.05) is 62.1 Å². The van der Waals surface area contributed by atoms with Gasteiger partial charge in [0.05, 0.1) is 12.8 Å². The monoisotopic (exact) mass is 520 g/mol. The van der Waals surface area contributed by atoms with Crippen molar-refractivity contribution >= 4 is 14.0 Å². The number of fused-ring (bicyclic) bond motifs is 3. The molecule has 3 aromatic rings. The summed E-state index contributed by atoms with van der Waals surface area (Å²) in [7, 11) is -1.77. The maximum Gasteiger partial charge on any atom is 0.530 e. The first-order valence-corrected chi connectivity index (χ1v) is 13.1. The Bertz CT molecular complexity index is 1410. The largest absolute Gasteiger partial charge is 0.530 e. The van der Waals surface area contributed by atoms with Crippen molar-refractivity contribution in [2.24, 2.45) is 5.92 Å². The summed E-state index contributed by atoms with van der Waals surface area (Å²) in [6.45, 7) is 3.10. The average molecular weight is 521 g/mol. The number of halogens is 1. The first-order valence-electron chi connectivity index (χ1n) is 11.9. The molecule has 0 amide bonds. The summed E-state index contributed by atoms with van der Waals surface area (Å²) in [5.74, 6) is 2.85. The summed E-state index contributed by atoms with van der Waals surface area (Å²) < 4.78 is 31.7. The van der Waals surface area contributed by atoms with Crippen LogP contribution in [0.25, 0.3) is 11.3 Å². The molecule has 2 N–H and O–H groups in total. The quantitative estimate of drug-likeness (QED) is 0.329. The number of aromatic nitrogens is 1. The predicted molar refractivity (Wildman–Crippen MR) is 139 cm³/mol. The molecular weight excluding hydrogens is 492 g/mol. The summed E-state index contributed by atoms with van der Waals surface area (Å²) in [6, 6.07) is 15.3. The van der Waals surface area contributed by atoms with Gasteiger partial charge >= 0.3 is 19.2 Å². The molecule has 2 aromatic carbocycles. The Labute approximate surface area is 216 Å². The van der Waals surface area contributed by atoms with Crippen molar-refractivity contribution in [3.63, 3.8) is 0 Å². The molecule has 1 aromatic heterocycles. The molecule has 0 bridgehead atoms. The maximum absolute atomic E-state index is 13.5. The Morgan fingerprint density at radius 1 is 1.16 bits per heavy atom. The molecule has 4 rings (SSSR count). The Morgan fingerprint density at radius 2 is 1.84 bits per heavy atom. The fourth-order valence-corrected chi connectivity index (χ4v) is 6.39. The number of carboxylic acid groups (broad SMARTS) is 1. The van der Waals surface area contributed by atoms with Gasteiger partial charge in [-0.3, -0.25) is 4.98 Å². The highest BCUT2D eigenvalue weighted by molar-refractivity contribution is 7.42. The van der Waals surface area contributed by atoms with Crippen LogP contribution in [-0.4, -0.2) is 39.0 Å². The van der Waals surface area contributed by atoms with E-state index in [0.717, 1.165) is 36.8 Å². The summed E-state index contributed by atoms with van der Waals surface area (Å²) >= 11 is 0. The lowest BCUT2D eigenvalue weighted by atomic mass is 9.75. The number of aliphatic carboxylic acids is 1. The van der Waals surface area contributed by atoms with Crippen molar-refractivity contribution in [1.29, 1.82) is 0 Å². The van der Waals surface area contributed by atoms with E-state index < -0.39 is 36.5 Å². The minimum Gasteiger partial charge on any atom is -0.477 e. The Hall–Kier alpha value is -3.43. The van der Waals surface area contributed by atoms with Crippen molar-refractivity contribution in [2.75, 3.05) is 7.11 Å². The van der Waals surface area contributed by atoms with Gasteiger partial charge in [-0.05, 0) is 52.3 Å². The molecule has 1 aliphatic carbocycles. The van der Waals surface area contributed by atoms with Gasteiger partial charge < -0.3 is 10.2 Å². The Balaban J connectivity index is 1.84. The van der Waals surface area contributed by atoms with Crippen LogP contribution in [0, 0.1) is 23.6 Å². The minimum atomic E-state index is -2.90. The zero-order valence-electron chi connectivity index (χ0n) is 20.9. The minimum absolute atomic E-state index is 0.305. The van der Waals surface area contributed by atoms with Gasteiger partial charge in [0.25, 0.3) is 0 Å². The number of carboxylic acids is 1. The van der Waals surface area contributed by atoms with Crippen LogP contribution in [0.15, 0.2) is 60.8 Å². The molecule has 3 unspecified atom stereocenters. The van der Waals surface area contributed by atoms with Crippen molar-refractivity contribution in [3.05, 3.63) is 88.9 Å². The molecule has 8 heteroatoms. The van der Waals surface area contributed by atoms with Gasteiger partial charge in [-0.25, -0.2) is 9.18 Å². The van der Waals surface area contributed by atoms with E-state index in [0.29, 0.717) is 11.1 Å². The van der Waals surface area contributed by atoms with E-state index in [1.54, 1.807) is 20.0 Å². The van der Waals surface area contributed by atoms with E-state index in [-0.39, 0.29) is 6.42 Å². The normalized spacial score (nSPS) is 15.9. The molecule has 190 valence electrons. The van der Waals surface area contributed by atoms with Crippen LogP contribution in [0.5, 0.6) is 0 Å². The Kier molecular flexibility index (Phi) is 7.57. The third-order valence-electron chi connectivity index (χ3n) is 6.94. The summed E-state index contributed by atoms with van der Waals surface area (Å²) in [4.78, 5) is 17.3. The van der Waals surface area contributed by atoms with E-state index in [4.69, 9.17) is 4.52 Å². The molecule has 37 heavy (non-hydrogen) atoms. The average Bonchev–Trinajstić information content (AvgIpc) is 2.88. The summed E-state index contributed by atoms with van der Waals surface area (Å²) in [6.07, 6.45) is 2.91. The van der Waals surface area contributed by atoms with Gasteiger partial charge in [0, 0.05) is 29.7 Å². The van der Waals surface area contributed by atoms with Crippen molar-refractivity contribution in [3.8, 4) is 23.1 Å². The fourth-order valence-electron chi connectivity index (χ4n) is 5.08. The number of benzene rings is 2. The van der Waals surface area contributed by atoms with E-state index in [2.05, 4.69) is 22.9 Å². The van der Waals surface area contributed by atoms with Gasteiger partial charge in [0.1, 0.15) is 5.82 Å². The SMILES string of the molecule is CO[P+](=O)C(C(=O)O)(C(C)C)C(O)(C#Cc1cnc2c(c1)CCc1ccccc1-2)Cc1ccc(F)cc1. The van der Waals surface area contributed by atoms with Crippen LogP contribution < -0.4 is 0 Å². The number of aryl methyl sites for hydroxylation is 2. The molecule has 0 fully saturated rings. The molecule has 1 aliphatic rings. The zero-order valence-corrected chi connectivity index (χ0v) is 21.8. The van der Waals surface area contributed by atoms with E-state index in [1.165, 1.54) is 29.8 Å². The molecule has 0 aliphatic heterocycles. The molecule has 3 atom stereocenters. The topological polar surface area (TPSA) is 96.7 Å². The van der Waals surface area contributed by atoms with Crippen LogP contribution in [0.3, 0.4) is 0 Å². The lowest BCUT2D eigenvalue weighted by Gasteiger charge is -2.35. The van der Waals surface area contributed by atoms with Crippen molar-refractivity contribution in [2.45, 2.75) is 43.9 Å². The second-order valence-electron chi connectivity index (χ2n) is 9.47. The van der Waals surface area contributed by atoms with Crippen LogP contribution in [0.1, 0.15) is 36.1 Å². The second-order valence-corrected chi connectivity index (χ2v) is 11.1. The van der Waals surface area contributed by atoms with E-state index in [9.17, 15) is 24.0 Å². The van der Waals surface area contributed by atoms with Crippen molar-refractivity contribution in [1.82, 2.24) is 4.98 Å². The maximum atomic E-state index is 13.5. The smallest absolute Gasteiger partial charge is 0.477 e. The number of hydrogen-bond donors (Lipinski definition) is 2. The highest BCUT2D eigenvalue weighted by atomic mass is 31.1. The van der Waals surface area contributed by atoms with Gasteiger partial charge in [0.2, 0.25) is 0 Å². The third-order valence-corrected chi connectivity index (χ3v) is 8.92.